The molecule has 3 rings (SSSR count). The molecule has 0 aromatic carbocycles. The Morgan fingerprint density at radius 3 is 2.63 bits per heavy atom. The fraction of sp³-hybridized carbons (Fsp3) is 0.579. The molecule has 2 N–H and O–H groups in total. The van der Waals surface area contributed by atoms with Crippen LogP contribution in [0.5, 0.6) is 0 Å². The van der Waals surface area contributed by atoms with Crippen LogP contribution in [-0.4, -0.2) is 38.1 Å². The minimum atomic E-state index is -2.64. The van der Waals surface area contributed by atoms with Crippen LogP contribution in [0.3, 0.4) is 0 Å². The van der Waals surface area contributed by atoms with E-state index in [0.29, 0.717) is 16.9 Å². The summed E-state index contributed by atoms with van der Waals surface area (Å²) >= 11 is 6.18. The largest absolute Gasteiger partial charge is 0.444 e. The van der Waals surface area contributed by atoms with E-state index in [0.717, 1.165) is 0 Å². The van der Waals surface area contributed by atoms with Crippen molar-refractivity contribution >= 4 is 29.2 Å². The van der Waals surface area contributed by atoms with E-state index in [4.69, 9.17) is 16.3 Å². The van der Waals surface area contributed by atoms with Gasteiger partial charge in [0.05, 0.1) is 18.4 Å². The van der Waals surface area contributed by atoms with Crippen molar-refractivity contribution in [2.45, 2.75) is 64.6 Å². The van der Waals surface area contributed by atoms with Gasteiger partial charge in [-0.3, -0.25) is 4.79 Å². The number of ether oxygens (including phenoxy) is 1. The van der Waals surface area contributed by atoms with Gasteiger partial charge in [0.2, 0.25) is 11.8 Å². The monoisotopic (exact) mass is 443 g/mol. The zero-order valence-electron chi connectivity index (χ0n) is 17.0. The van der Waals surface area contributed by atoms with Gasteiger partial charge < -0.3 is 15.4 Å². The molecule has 2 amide bonds. The number of aromatic nitrogens is 3. The molecule has 0 spiro atoms. The predicted octanol–water partition coefficient (Wildman–Crippen LogP) is 3.46. The molecule has 1 saturated carbocycles. The molecule has 0 unspecified atom stereocenters. The maximum Gasteiger partial charge on any atom is 0.407 e. The van der Waals surface area contributed by atoms with Crippen LogP contribution in [0, 0.1) is 5.92 Å². The van der Waals surface area contributed by atoms with Gasteiger partial charge in [-0.1, -0.05) is 11.6 Å². The molecule has 1 aliphatic carbocycles. The first-order valence-electron chi connectivity index (χ1n) is 9.55. The molecule has 11 heteroatoms. The second kappa shape index (κ2) is 8.33. The second-order valence-electron chi connectivity index (χ2n) is 8.46. The average molecular weight is 444 g/mol. The summed E-state index contributed by atoms with van der Waals surface area (Å²) < 4.78 is 32.4. The van der Waals surface area contributed by atoms with Crippen molar-refractivity contribution in [2.24, 2.45) is 5.92 Å². The lowest BCUT2D eigenvalue weighted by Crippen LogP contribution is -2.38. The van der Waals surface area contributed by atoms with Crippen LogP contribution in [0.4, 0.5) is 13.6 Å². The minimum Gasteiger partial charge on any atom is -0.444 e. The zero-order chi connectivity index (χ0) is 22.1. The third-order valence-corrected chi connectivity index (χ3v) is 4.78. The molecule has 2 aromatic rings. The molecular weight excluding hydrogens is 420 g/mol. The topological polar surface area (TPSA) is 97.6 Å². The second-order valence-corrected chi connectivity index (χ2v) is 8.82. The summed E-state index contributed by atoms with van der Waals surface area (Å²) in [7, 11) is 0. The van der Waals surface area contributed by atoms with Crippen molar-refractivity contribution in [3.05, 3.63) is 28.7 Å². The quantitative estimate of drug-likeness (QED) is 0.712. The molecular formula is C19H24ClF2N5O3. The fourth-order valence-corrected chi connectivity index (χ4v) is 3.33. The number of rotatable bonds is 6. The summed E-state index contributed by atoms with van der Waals surface area (Å²) in [6, 6.07) is 1.67. The van der Waals surface area contributed by atoms with Crippen LogP contribution in [0.15, 0.2) is 12.3 Å². The van der Waals surface area contributed by atoms with Crippen molar-refractivity contribution in [2.75, 3.05) is 0 Å². The molecule has 30 heavy (non-hydrogen) atoms. The van der Waals surface area contributed by atoms with E-state index in [2.05, 4.69) is 20.7 Å². The summed E-state index contributed by atoms with van der Waals surface area (Å²) in [5.74, 6) is -3.24. The number of imidazole rings is 1. The Hall–Kier alpha value is -2.49. The molecule has 8 nitrogen and oxygen atoms in total. The molecule has 0 aliphatic heterocycles. The maximum absolute atomic E-state index is 12.9. The predicted molar refractivity (Wildman–Crippen MR) is 105 cm³/mol. The van der Waals surface area contributed by atoms with Gasteiger partial charge in [0, 0.05) is 31.4 Å². The Morgan fingerprint density at radius 2 is 2.00 bits per heavy atom. The standard InChI is InChI=1S/C19H24ClF2N5O3/c1-18(2,3)30-17(29)24-9-13-10-27-14(25-13)5-12(16(20)26-27)8-23-15(28)4-11-6-19(21,22)7-11/h5,10-11H,4,6-9H2,1-3H3,(H,23,28)(H,24,29). The molecule has 1 aliphatic rings. The van der Waals surface area contributed by atoms with Crippen LogP contribution in [0.2, 0.25) is 5.15 Å². The van der Waals surface area contributed by atoms with Crippen molar-refractivity contribution < 1.29 is 23.1 Å². The van der Waals surface area contributed by atoms with Gasteiger partial charge in [0.15, 0.2) is 10.8 Å². The lowest BCUT2D eigenvalue weighted by atomic mass is 9.79. The van der Waals surface area contributed by atoms with E-state index in [-0.39, 0.29) is 49.3 Å². The van der Waals surface area contributed by atoms with E-state index in [1.54, 1.807) is 33.0 Å². The first-order valence-corrected chi connectivity index (χ1v) is 9.93. The number of nitrogens with zero attached hydrogens (tertiary/aromatic N) is 3. The van der Waals surface area contributed by atoms with Crippen molar-refractivity contribution in [1.82, 2.24) is 25.2 Å². The molecule has 0 atom stereocenters. The van der Waals surface area contributed by atoms with E-state index in [9.17, 15) is 18.4 Å². The highest BCUT2D eigenvalue weighted by Gasteiger charge is 2.45. The third kappa shape index (κ3) is 6.01. The van der Waals surface area contributed by atoms with Crippen molar-refractivity contribution in [3.8, 4) is 0 Å². The zero-order valence-corrected chi connectivity index (χ0v) is 17.7. The number of nitrogens with one attached hydrogen (secondary N) is 2. The van der Waals surface area contributed by atoms with Gasteiger partial charge in [-0.15, -0.1) is 0 Å². The molecule has 0 bridgehead atoms. The Kier molecular flexibility index (Phi) is 6.16. The highest BCUT2D eigenvalue weighted by Crippen LogP contribution is 2.43. The van der Waals surface area contributed by atoms with Gasteiger partial charge >= 0.3 is 6.09 Å². The first-order chi connectivity index (χ1) is 13.9. The van der Waals surface area contributed by atoms with Gasteiger partial charge in [0.1, 0.15) is 5.60 Å². The number of fused-ring (bicyclic) bond motifs is 1. The van der Waals surface area contributed by atoms with E-state index in [1.165, 1.54) is 4.52 Å². The molecule has 1 fully saturated rings. The molecule has 0 saturated heterocycles. The van der Waals surface area contributed by atoms with Crippen LogP contribution in [-0.2, 0) is 22.6 Å². The Labute approximate surface area is 177 Å². The summed E-state index contributed by atoms with van der Waals surface area (Å²) in [6.07, 6.45) is 0.633. The summed E-state index contributed by atoms with van der Waals surface area (Å²) in [4.78, 5) is 28.1. The molecule has 2 heterocycles. The van der Waals surface area contributed by atoms with Gasteiger partial charge in [-0.25, -0.2) is 23.1 Å². The minimum absolute atomic E-state index is 0.0622. The van der Waals surface area contributed by atoms with E-state index < -0.39 is 17.6 Å². The summed E-state index contributed by atoms with van der Waals surface area (Å²) in [6.45, 7) is 5.57. The summed E-state index contributed by atoms with van der Waals surface area (Å²) in [5.41, 5.74) is 0.991. The summed E-state index contributed by atoms with van der Waals surface area (Å²) in [5, 5.41) is 9.67. The van der Waals surface area contributed by atoms with Crippen LogP contribution >= 0.6 is 11.6 Å². The highest BCUT2D eigenvalue weighted by atomic mass is 35.5. The number of hydrogen-bond acceptors (Lipinski definition) is 5. The Balaban J connectivity index is 1.56. The number of alkyl carbamates (subject to hydrolysis) is 1. The van der Waals surface area contributed by atoms with Gasteiger partial charge in [-0.05, 0) is 32.8 Å². The lowest BCUT2D eigenvalue weighted by molar-refractivity contribution is -0.133. The Morgan fingerprint density at radius 1 is 1.30 bits per heavy atom. The Bertz CT molecular complexity index is 950. The van der Waals surface area contributed by atoms with Crippen molar-refractivity contribution in [1.29, 1.82) is 0 Å². The van der Waals surface area contributed by atoms with E-state index >= 15 is 0 Å². The number of carbonyl (C=O) groups excluding carboxylic acids is 2. The normalized spacial score (nSPS) is 16.2. The van der Waals surface area contributed by atoms with Gasteiger partial charge in [-0.2, -0.15) is 5.10 Å². The van der Waals surface area contributed by atoms with Crippen molar-refractivity contribution in [3.63, 3.8) is 0 Å². The van der Waals surface area contributed by atoms with Crippen LogP contribution in [0.1, 0.15) is 51.3 Å². The third-order valence-electron chi connectivity index (χ3n) is 4.47. The van der Waals surface area contributed by atoms with Crippen LogP contribution < -0.4 is 10.6 Å². The first kappa shape index (κ1) is 22.2. The number of alkyl halides is 2. The smallest absolute Gasteiger partial charge is 0.407 e. The highest BCUT2D eigenvalue weighted by molar-refractivity contribution is 6.30. The SMILES string of the molecule is CC(C)(C)OC(=O)NCc1cn2nc(Cl)c(CNC(=O)CC3CC(F)(F)C3)cc2n1. The lowest BCUT2D eigenvalue weighted by Gasteiger charge is -2.34. The molecule has 0 radical (unpaired) electrons. The maximum atomic E-state index is 12.9. The molecule has 164 valence electrons. The van der Waals surface area contributed by atoms with Gasteiger partial charge in [0.25, 0.3) is 0 Å². The van der Waals surface area contributed by atoms with E-state index in [1.807, 2.05) is 0 Å². The fourth-order valence-electron chi connectivity index (χ4n) is 3.13. The number of carbonyl (C=O) groups is 2. The number of halogens is 3. The molecule has 2 aromatic heterocycles. The number of amides is 2. The number of hydrogen-bond donors (Lipinski definition) is 2. The van der Waals surface area contributed by atoms with Crippen LogP contribution in [0.25, 0.3) is 5.65 Å². The average Bonchev–Trinajstić information content (AvgIpc) is 2.96.